The molecule has 0 aliphatic rings. The number of ether oxygens (including phenoxy) is 1. The minimum absolute atomic E-state index is 0.218. The number of carbonyl (C=O) groups is 1. The highest BCUT2D eigenvalue weighted by Crippen LogP contribution is 2.19. The van der Waals surface area contributed by atoms with Crippen LogP contribution in [-0.2, 0) is 11.3 Å². The monoisotopic (exact) mass is 311 g/mol. The molecule has 7 heteroatoms. The molecule has 0 aliphatic heterocycles. The Morgan fingerprint density at radius 3 is 2.90 bits per heavy atom. The Hall–Kier alpha value is -1.92. The van der Waals surface area contributed by atoms with Gasteiger partial charge in [0.05, 0.1) is 6.61 Å². The van der Waals surface area contributed by atoms with E-state index >= 15 is 0 Å². The Morgan fingerprint density at radius 2 is 2.29 bits per heavy atom. The van der Waals surface area contributed by atoms with E-state index in [1.807, 2.05) is 0 Å². The molecular formula is C14H15ClFN3O2. The molecular weight excluding hydrogens is 297 g/mol. The average molecular weight is 312 g/mol. The van der Waals surface area contributed by atoms with Gasteiger partial charge >= 0.3 is 0 Å². The SMILES string of the molecule is COCCN(Cc1ccc(F)cc1Cl)C(=O)c1ccn[nH]1. The van der Waals surface area contributed by atoms with Gasteiger partial charge in [-0.05, 0) is 23.8 Å². The Kier molecular flexibility index (Phi) is 5.30. The molecule has 112 valence electrons. The van der Waals surface area contributed by atoms with E-state index in [0.29, 0.717) is 24.4 Å². The lowest BCUT2D eigenvalue weighted by molar-refractivity contribution is 0.0674. The number of H-pyrrole nitrogens is 1. The molecule has 0 atom stereocenters. The highest BCUT2D eigenvalue weighted by molar-refractivity contribution is 6.31. The number of hydrogen-bond acceptors (Lipinski definition) is 3. The minimum atomic E-state index is -0.410. The standard InChI is InChI=1S/C14H15ClFN3O2/c1-21-7-6-19(14(20)13-4-5-17-18-13)9-10-2-3-11(16)8-12(10)15/h2-5,8H,6-7,9H2,1H3,(H,17,18). The quantitative estimate of drug-likeness (QED) is 0.891. The molecule has 0 fully saturated rings. The number of halogens is 2. The van der Waals surface area contributed by atoms with Gasteiger partial charge in [0.25, 0.3) is 5.91 Å². The van der Waals surface area contributed by atoms with Gasteiger partial charge in [0, 0.05) is 31.4 Å². The van der Waals surface area contributed by atoms with Gasteiger partial charge in [0.2, 0.25) is 0 Å². The van der Waals surface area contributed by atoms with Crippen molar-refractivity contribution < 1.29 is 13.9 Å². The van der Waals surface area contributed by atoms with E-state index in [9.17, 15) is 9.18 Å². The number of benzene rings is 1. The van der Waals surface area contributed by atoms with Gasteiger partial charge in [-0.15, -0.1) is 0 Å². The van der Waals surface area contributed by atoms with Crippen LogP contribution in [0.2, 0.25) is 5.02 Å². The van der Waals surface area contributed by atoms with Crippen LogP contribution >= 0.6 is 11.6 Å². The molecule has 5 nitrogen and oxygen atoms in total. The molecule has 0 aliphatic carbocycles. The van der Waals surface area contributed by atoms with Crippen molar-refractivity contribution in [2.24, 2.45) is 0 Å². The Bertz CT molecular complexity index is 604. The number of rotatable bonds is 6. The first-order chi connectivity index (χ1) is 10.1. The highest BCUT2D eigenvalue weighted by Gasteiger charge is 2.18. The van der Waals surface area contributed by atoms with Crippen LogP contribution in [0.1, 0.15) is 16.1 Å². The van der Waals surface area contributed by atoms with E-state index in [0.717, 1.165) is 0 Å². The van der Waals surface area contributed by atoms with Gasteiger partial charge in [-0.25, -0.2) is 4.39 Å². The normalized spacial score (nSPS) is 10.6. The first kappa shape index (κ1) is 15.5. The summed E-state index contributed by atoms with van der Waals surface area (Å²) in [6, 6.07) is 5.70. The summed E-state index contributed by atoms with van der Waals surface area (Å²) in [5.41, 5.74) is 1.05. The van der Waals surface area contributed by atoms with Crippen molar-refractivity contribution >= 4 is 17.5 Å². The van der Waals surface area contributed by atoms with Crippen LogP contribution in [0.3, 0.4) is 0 Å². The third kappa shape index (κ3) is 4.03. The maximum absolute atomic E-state index is 13.1. The van der Waals surface area contributed by atoms with E-state index in [1.165, 1.54) is 18.3 Å². The number of nitrogens with zero attached hydrogens (tertiary/aromatic N) is 2. The molecule has 0 radical (unpaired) electrons. The number of nitrogens with one attached hydrogen (secondary N) is 1. The first-order valence-electron chi connectivity index (χ1n) is 6.33. The topological polar surface area (TPSA) is 58.2 Å². The second-order valence-corrected chi connectivity index (χ2v) is 4.83. The zero-order valence-corrected chi connectivity index (χ0v) is 12.2. The predicted octanol–water partition coefficient (Wildman–Crippen LogP) is 2.49. The molecule has 21 heavy (non-hydrogen) atoms. The van der Waals surface area contributed by atoms with Crippen LogP contribution < -0.4 is 0 Å². The van der Waals surface area contributed by atoms with Crippen LogP contribution in [0.25, 0.3) is 0 Å². The lowest BCUT2D eigenvalue weighted by Gasteiger charge is -2.22. The number of amides is 1. The maximum Gasteiger partial charge on any atom is 0.272 e. The Morgan fingerprint density at radius 1 is 1.48 bits per heavy atom. The smallest absolute Gasteiger partial charge is 0.272 e. The van der Waals surface area contributed by atoms with Crippen LogP contribution in [0, 0.1) is 5.82 Å². The fourth-order valence-corrected chi connectivity index (χ4v) is 2.08. The van der Waals surface area contributed by atoms with Crippen molar-refractivity contribution in [2.45, 2.75) is 6.54 Å². The summed E-state index contributed by atoms with van der Waals surface area (Å²) in [6.07, 6.45) is 1.51. The van der Waals surface area contributed by atoms with Gasteiger partial charge in [0.15, 0.2) is 0 Å². The highest BCUT2D eigenvalue weighted by atomic mass is 35.5. The van der Waals surface area contributed by atoms with E-state index in [4.69, 9.17) is 16.3 Å². The lowest BCUT2D eigenvalue weighted by Crippen LogP contribution is -2.33. The van der Waals surface area contributed by atoms with Crippen molar-refractivity contribution in [3.8, 4) is 0 Å². The van der Waals surface area contributed by atoms with Crippen LogP contribution in [0.4, 0.5) is 4.39 Å². The molecule has 1 aromatic heterocycles. The van der Waals surface area contributed by atoms with Crippen molar-refractivity contribution in [1.82, 2.24) is 15.1 Å². The summed E-state index contributed by atoms with van der Waals surface area (Å²) in [5.74, 6) is -0.628. The fraction of sp³-hybridized carbons (Fsp3) is 0.286. The number of hydrogen-bond donors (Lipinski definition) is 1. The number of aromatic nitrogens is 2. The molecule has 1 N–H and O–H groups in total. The fourth-order valence-electron chi connectivity index (χ4n) is 1.85. The number of methoxy groups -OCH3 is 1. The summed E-state index contributed by atoms with van der Waals surface area (Å²) < 4.78 is 18.1. The van der Waals surface area contributed by atoms with Crippen LogP contribution in [-0.4, -0.2) is 41.3 Å². The van der Waals surface area contributed by atoms with E-state index in [1.54, 1.807) is 24.1 Å². The molecule has 1 aromatic carbocycles. The van der Waals surface area contributed by atoms with Crippen molar-refractivity contribution in [3.63, 3.8) is 0 Å². The molecule has 0 spiro atoms. The van der Waals surface area contributed by atoms with Gasteiger partial charge in [-0.3, -0.25) is 9.89 Å². The van der Waals surface area contributed by atoms with Gasteiger partial charge < -0.3 is 9.64 Å². The molecule has 2 aromatic rings. The summed E-state index contributed by atoms with van der Waals surface area (Å²) >= 11 is 6.01. The number of aromatic amines is 1. The Labute approximate surface area is 126 Å². The summed E-state index contributed by atoms with van der Waals surface area (Å²) in [7, 11) is 1.56. The zero-order valence-electron chi connectivity index (χ0n) is 11.5. The lowest BCUT2D eigenvalue weighted by atomic mass is 10.2. The summed E-state index contributed by atoms with van der Waals surface area (Å²) in [6.45, 7) is 1.04. The van der Waals surface area contributed by atoms with Crippen LogP contribution in [0.15, 0.2) is 30.5 Å². The van der Waals surface area contributed by atoms with Crippen molar-refractivity contribution in [2.75, 3.05) is 20.3 Å². The largest absolute Gasteiger partial charge is 0.383 e. The van der Waals surface area contributed by atoms with E-state index in [-0.39, 0.29) is 17.5 Å². The van der Waals surface area contributed by atoms with E-state index < -0.39 is 5.82 Å². The molecule has 0 bridgehead atoms. The second-order valence-electron chi connectivity index (χ2n) is 4.43. The molecule has 0 saturated heterocycles. The number of carbonyl (C=O) groups excluding carboxylic acids is 1. The summed E-state index contributed by atoms with van der Waals surface area (Å²) in [5, 5.41) is 6.68. The molecule has 1 amide bonds. The van der Waals surface area contributed by atoms with Gasteiger partial charge in [-0.2, -0.15) is 5.10 Å². The predicted molar refractivity (Wildman–Crippen MR) is 76.6 cm³/mol. The first-order valence-corrected chi connectivity index (χ1v) is 6.71. The molecule has 2 rings (SSSR count). The molecule has 1 heterocycles. The van der Waals surface area contributed by atoms with Crippen molar-refractivity contribution in [1.29, 1.82) is 0 Å². The average Bonchev–Trinajstić information content (AvgIpc) is 2.99. The summed E-state index contributed by atoms with van der Waals surface area (Å²) in [4.78, 5) is 13.9. The van der Waals surface area contributed by atoms with Gasteiger partial charge in [0.1, 0.15) is 11.5 Å². The van der Waals surface area contributed by atoms with E-state index in [2.05, 4.69) is 10.2 Å². The zero-order chi connectivity index (χ0) is 15.2. The molecule has 0 saturated carbocycles. The Balaban J connectivity index is 2.17. The van der Waals surface area contributed by atoms with Gasteiger partial charge in [-0.1, -0.05) is 17.7 Å². The second kappa shape index (κ2) is 7.19. The third-order valence-corrected chi connectivity index (χ3v) is 3.31. The van der Waals surface area contributed by atoms with Crippen LogP contribution in [0.5, 0.6) is 0 Å². The third-order valence-electron chi connectivity index (χ3n) is 2.96. The maximum atomic E-state index is 13.1. The minimum Gasteiger partial charge on any atom is -0.383 e. The molecule has 0 unspecified atom stereocenters. The van der Waals surface area contributed by atoms with Crippen molar-refractivity contribution in [3.05, 3.63) is 52.6 Å².